The first-order valence-corrected chi connectivity index (χ1v) is 8.49. The molecule has 0 fully saturated rings. The number of aromatic nitrogens is 1. The molecule has 2 aromatic rings. The van der Waals surface area contributed by atoms with Crippen LogP contribution in [0.25, 0.3) is 11.1 Å². The maximum atomic E-state index is 12.0. The number of carboxylic acid groups (broad SMARTS) is 1. The van der Waals surface area contributed by atoms with Crippen molar-refractivity contribution in [3.63, 3.8) is 0 Å². The van der Waals surface area contributed by atoms with E-state index in [2.05, 4.69) is 15.6 Å². The van der Waals surface area contributed by atoms with E-state index in [9.17, 15) is 9.59 Å². The van der Waals surface area contributed by atoms with E-state index in [-0.39, 0.29) is 30.7 Å². The van der Waals surface area contributed by atoms with E-state index in [0.717, 1.165) is 22.4 Å². The zero-order valence-electron chi connectivity index (χ0n) is 15.9. The molecule has 0 aliphatic rings. The Morgan fingerprint density at radius 1 is 1.19 bits per heavy atom. The number of carbonyl (C=O) groups is 3. The predicted molar refractivity (Wildman–Crippen MR) is 104 cm³/mol. The number of nitrogens with one attached hydrogen (secondary N) is 2. The molecule has 2 amide bonds. The molecule has 1 aromatic heterocycles. The molecule has 0 aliphatic carbocycles. The molecule has 0 radical (unpaired) electrons. The smallest absolute Gasteiger partial charge is 0.290 e. The molecule has 0 spiro atoms. The molecule has 1 heterocycles. The van der Waals surface area contributed by atoms with Crippen LogP contribution in [0.3, 0.4) is 0 Å². The average Bonchev–Trinajstić information content (AvgIpc) is 2.63. The molecule has 0 aliphatic heterocycles. The quantitative estimate of drug-likeness (QED) is 0.700. The average molecular weight is 371 g/mol. The molecule has 0 saturated carbocycles. The van der Waals surface area contributed by atoms with Crippen LogP contribution in [0, 0.1) is 19.8 Å². The summed E-state index contributed by atoms with van der Waals surface area (Å²) in [7, 11) is 0. The second-order valence-corrected chi connectivity index (χ2v) is 6.16. The maximum Gasteiger partial charge on any atom is 0.290 e. The highest BCUT2D eigenvalue weighted by Gasteiger charge is 2.12. The van der Waals surface area contributed by atoms with E-state index >= 15 is 0 Å². The molecule has 27 heavy (non-hydrogen) atoms. The number of anilines is 1. The molecule has 144 valence electrons. The summed E-state index contributed by atoms with van der Waals surface area (Å²) in [4.78, 5) is 36.3. The van der Waals surface area contributed by atoms with Gasteiger partial charge in [-0.3, -0.25) is 14.4 Å². The largest absolute Gasteiger partial charge is 0.483 e. The van der Waals surface area contributed by atoms with Gasteiger partial charge in [0.25, 0.3) is 6.47 Å². The summed E-state index contributed by atoms with van der Waals surface area (Å²) < 4.78 is 0. The summed E-state index contributed by atoms with van der Waals surface area (Å²) in [5.74, 6) is -0.107. The Hall–Kier alpha value is -3.22. The van der Waals surface area contributed by atoms with E-state index in [1.54, 1.807) is 13.8 Å². The first-order chi connectivity index (χ1) is 12.8. The Labute approximate surface area is 158 Å². The fourth-order valence-electron chi connectivity index (χ4n) is 2.28. The molecule has 2 rings (SSSR count). The first-order valence-electron chi connectivity index (χ1n) is 8.49. The third-order valence-electron chi connectivity index (χ3n) is 3.82. The molecule has 0 unspecified atom stereocenters. The van der Waals surface area contributed by atoms with Crippen LogP contribution in [0.1, 0.15) is 25.1 Å². The van der Waals surface area contributed by atoms with Crippen LogP contribution in [-0.2, 0) is 14.4 Å². The molecule has 3 N–H and O–H groups in total. The highest BCUT2D eigenvalue weighted by atomic mass is 16.3. The lowest BCUT2D eigenvalue weighted by Crippen LogP contribution is -2.35. The van der Waals surface area contributed by atoms with Gasteiger partial charge in [-0.1, -0.05) is 44.2 Å². The standard InChI is InChI=1S/C19H23N3O2.CH2O2/c1-12(2)19(24)20-11-18(23)22-17-10-16(13(3)14(4)21-17)15-8-6-5-7-9-15;2-1-3/h5-10,12H,11H2,1-4H3,(H,20,24)(H,21,22,23);1H,(H,2,3). The minimum absolute atomic E-state index is 0.0632. The third kappa shape index (κ3) is 6.89. The summed E-state index contributed by atoms with van der Waals surface area (Å²) >= 11 is 0. The second kappa shape index (κ2) is 10.7. The van der Waals surface area contributed by atoms with Crippen LogP contribution in [0.15, 0.2) is 36.4 Å². The summed E-state index contributed by atoms with van der Waals surface area (Å²) in [6.07, 6.45) is 0. The number of rotatable bonds is 5. The van der Waals surface area contributed by atoms with Crippen molar-refractivity contribution in [2.24, 2.45) is 5.92 Å². The molecule has 1 aromatic carbocycles. The lowest BCUT2D eigenvalue weighted by molar-refractivity contribution is -0.126. The number of hydrogen-bond acceptors (Lipinski definition) is 4. The SMILES string of the molecule is Cc1nc(NC(=O)CNC(=O)C(C)C)cc(-c2ccccc2)c1C.O=CO. The summed E-state index contributed by atoms with van der Waals surface area (Å²) in [5, 5.41) is 12.2. The number of amides is 2. The highest BCUT2D eigenvalue weighted by molar-refractivity contribution is 5.94. The van der Waals surface area contributed by atoms with Crippen molar-refractivity contribution in [1.82, 2.24) is 10.3 Å². The molecule has 0 atom stereocenters. The van der Waals surface area contributed by atoms with Gasteiger partial charge in [0.2, 0.25) is 11.8 Å². The number of aryl methyl sites for hydroxylation is 1. The molecule has 0 bridgehead atoms. The lowest BCUT2D eigenvalue weighted by atomic mass is 10.0. The fourth-order valence-corrected chi connectivity index (χ4v) is 2.28. The summed E-state index contributed by atoms with van der Waals surface area (Å²) in [5.41, 5.74) is 4.04. The van der Waals surface area contributed by atoms with Crippen molar-refractivity contribution >= 4 is 24.1 Å². The first kappa shape index (κ1) is 21.8. The van der Waals surface area contributed by atoms with E-state index in [1.807, 2.05) is 50.2 Å². The van der Waals surface area contributed by atoms with E-state index in [1.165, 1.54) is 0 Å². The van der Waals surface area contributed by atoms with Gasteiger partial charge in [0, 0.05) is 11.6 Å². The number of carbonyl (C=O) groups excluding carboxylic acids is 2. The van der Waals surface area contributed by atoms with Gasteiger partial charge in [0.1, 0.15) is 5.82 Å². The van der Waals surface area contributed by atoms with E-state index in [0.29, 0.717) is 5.82 Å². The van der Waals surface area contributed by atoms with Gasteiger partial charge in [-0.25, -0.2) is 4.98 Å². The van der Waals surface area contributed by atoms with Crippen molar-refractivity contribution in [2.45, 2.75) is 27.7 Å². The van der Waals surface area contributed by atoms with Crippen LogP contribution in [0.4, 0.5) is 5.82 Å². The number of hydrogen-bond donors (Lipinski definition) is 3. The van der Waals surface area contributed by atoms with Crippen molar-refractivity contribution < 1.29 is 19.5 Å². The van der Waals surface area contributed by atoms with Crippen molar-refractivity contribution in [2.75, 3.05) is 11.9 Å². The van der Waals surface area contributed by atoms with Crippen LogP contribution < -0.4 is 10.6 Å². The Morgan fingerprint density at radius 3 is 2.33 bits per heavy atom. The fraction of sp³-hybridized carbons (Fsp3) is 0.300. The Bertz CT molecular complexity index is 789. The number of nitrogens with zero attached hydrogens (tertiary/aromatic N) is 1. The van der Waals surface area contributed by atoms with Gasteiger partial charge in [-0.2, -0.15) is 0 Å². The van der Waals surface area contributed by atoms with Gasteiger partial charge >= 0.3 is 0 Å². The van der Waals surface area contributed by atoms with Crippen molar-refractivity contribution in [3.8, 4) is 11.1 Å². The molecular formula is C20H25N3O4. The van der Waals surface area contributed by atoms with Gasteiger partial charge in [0.15, 0.2) is 0 Å². The van der Waals surface area contributed by atoms with Crippen LogP contribution in [0.2, 0.25) is 0 Å². The second-order valence-electron chi connectivity index (χ2n) is 6.16. The van der Waals surface area contributed by atoms with Crippen LogP contribution in [0.5, 0.6) is 0 Å². The normalized spacial score (nSPS) is 9.81. The number of benzene rings is 1. The minimum Gasteiger partial charge on any atom is -0.483 e. The van der Waals surface area contributed by atoms with Gasteiger partial charge < -0.3 is 15.7 Å². The van der Waals surface area contributed by atoms with Crippen LogP contribution >= 0.6 is 0 Å². The predicted octanol–water partition coefficient (Wildman–Crippen LogP) is 2.78. The van der Waals surface area contributed by atoms with Gasteiger partial charge in [0.05, 0.1) is 6.54 Å². The Balaban J connectivity index is 0.00000114. The highest BCUT2D eigenvalue weighted by Crippen LogP contribution is 2.27. The Morgan fingerprint density at radius 2 is 1.78 bits per heavy atom. The molecular weight excluding hydrogens is 346 g/mol. The van der Waals surface area contributed by atoms with E-state index < -0.39 is 0 Å². The summed E-state index contributed by atoms with van der Waals surface area (Å²) in [6, 6.07) is 11.8. The zero-order chi connectivity index (χ0) is 20.4. The van der Waals surface area contributed by atoms with E-state index in [4.69, 9.17) is 9.90 Å². The maximum absolute atomic E-state index is 12.0. The molecule has 7 nitrogen and oxygen atoms in total. The molecule has 0 saturated heterocycles. The lowest BCUT2D eigenvalue weighted by Gasteiger charge is -2.13. The van der Waals surface area contributed by atoms with Gasteiger partial charge in [-0.05, 0) is 36.6 Å². The topological polar surface area (TPSA) is 108 Å². The molecule has 7 heteroatoms. The summed E-state index contributed by atoms with van der Waals surface area (Å²) in [6.45, 7) is 7.18. The van der Waals surface area contributed by atoms with Gasteiger partial charge in [-0.15, -0.1) is 0 Å². The Kier molecular flexibility index (Phi) is 8.65. The van der Waals surface area contributed by atoms with Crippen LogP contribution in [-0.4, -0.2) is 34.9 Å². The minimum atomic E-state index is -0.293. The zero-order valence-corrected chi connectivity index (χ0v) is 15.9. The third-order valence-corrected chi connectivity index (χ3v) is 3.82. The number of pyridine rings is 1. The monoisotopic (exact) mass is 371 g/mol. The van der Waals surface area contributed by atoms with Crippen molar-refractivity contribution in [3.05, 3.63) is 47.7 Å². The van der Waals surface area contributed by atoms with Crippen molar-refractivity contribution in [1.29, 1.82) is 0 Å².